The third-order valence-electron chi connectivity index (χ3n) is 5.35. The smallest absolute Gasteiger partial charge is 0.251 e. The zero-order chi connectivity index (χ0) is 28.2. The number of alkyl halides is 1. The molecule has 1 heterocycles. The van der Waals surface area contributed by atoms with E-state index in [9.17, 15) is 13.6 Å². The van der Waals surface area contributed by atoms with Gasteiger partial charge in [-0.3, -0.25) is 14.1 Å². The summed E-state index contributed by atoms with van der Waals surface area (Å²) in [5, 5.41) is 7.08. The van der Waals surface area contributed by atoms with E-state index in [0.29, 0.717) is 31.1 Å². The summed E-state index contributed by atoms with van der Waals surface area (Å²) in [4.78, 5) is 20.3. The Morgan fingerprint density at radius 3 is 2.30 bits per heavy atom. The molecule has 0 bridgehead atoms. The quantitative estimate of drug-likeness (QED) is 0.189. The number of aryl methyl sites for hydroxylation is 1. The average molecular weight is 536 g/mol. The van der Waals surface area contributed by atoms with Crippen LogP contribution in [-0.4, -0.2) is 48.6 Å². The molecule has 2 rings (SSSR count). The Morgan fingerprint density at radius 1 is 1.22 bits per heavy atom. The second-order valence-corrected chi connectivity index (χ2v) is 8.88. The Hall–Kier alpha value is -3.04. The number of carbonyl (C=O) groups excluding carboxylic acids is 1. The van der Waals surface area contributed by atoms with Crippen molar-refractivity contribution in [3.8, 4) is 0 Å². The van der Waals surface area contributed by atoms with Gasteiger partial charge in [-0.05, 0) is 69.6 Å². The lowest BCUT2D eigenvalue weighted by atomic mass is 10.1. The molecule has 1 aromatic carbocycles. The molecule has 1 amide bonds. The van der Waals surface area contributed by atoms with Crippen molar-refractivity contribution in [1.29, 1.82) is 0 Å². The number of allylic oxidation sites excluding steroid dienone is 4. The summed E-state index contributed by atoms with van der Waals surface area (Å²) in [5.74, 6) is 0.124. The van der Waals surface area contributed by atoms with E-state index in [1.807, 2.05) is 30.3 Å². The highest BCUT2D eigenvalue weighted by molar-refractivity contribution is 7.16. The van der Waals surface area contributed by atoms with Gasteiger partial charge in [0.2, 0.25) is 0 Å². The van der Waals surface area contributed by atoms with Gasteiger partial charge in [0, 0.05) is 23.8 Å². The minimum Gasteiger partial charge on any atom is -0.383 e. The highest BCUT2D eigenvalue weighted by Crippen LogP contribution is 2.28. The van der Waals surface area contributed by atoms with Crippen LogP contribution in [0.3, 0.4) is 0 Å². The van der Waals surface area contributed by atoms with Crippen LogP contribution < -0.4 is 16.4 Å². The molecule has 0 aliphatic heterocycles. The number of likely N-dealkylation sites (N-methyl/N-ethyl adjacent to an activating group) is 1. The van der Waals surface area contributed by atoms with Gasteiger partial charge in [-0.25, -0.2) is 9.37 Å². The maximum Gasteiger partial charge on any atom is 0.251 e. The van der Waals surface area contributed by atoms with Crippen LogP contribution in [-0.2, 0) is 6.42 Å². The van der Waals surface area contributed by atoms with Crippen molar-refractivity contribution < 1.29 is 13.6 Å². The topological polar surface area (TPSA) is 83.3 Å². The predicted molar refractivity (Wildman–Crippen MR) is 156 cm³/mol. The molecule has 0 radical (unpaired) electrons. The molecule has 206 valence electrons. The van der Waals surface area contributed by atoms with Crippen molar-refractivity contribution in [3.05, 3.63) is 71.9 Å². The van der Waals surface area contributed by atoms with Crippen molar-refractivity contribution in [3.63, 3.8) is 0 Å². The number of hydrogen-bond acceptors (Lipinski definition) is 6. The van der Waals surface area contributed by atoms with Gasteiger partial charge in [0.1, 0.15) is 11.6 Å². The Kier molecular flexibility index (Phi) is 18.4. The Labute approximate surface area is 225 Å². The normalized spacial score (nSPS) is 11.1. The SMILES string of the molecule is C=C(F)/C=C\C.C=CCCc1sc(Nc2ccc(C(=O)NCC(CC)N(CC)CC)cc2)nc1N.CF. The Bertz CT molecular complexity index is 956. The highest BCUT2D eigenvalue weighted by atomic mass is 32.1. The maximum absolute atomic E-state index is 12.5. The average Bonchev–Trinajstić information content (AvgIpc) is 3.25. The number of aromatic nitrogens is 1. The van der Waals surface area contributed by atoms with Gasteiger partial charge in [-0.15, -0.1) is 6.58 Å². The number of carbonyl (C=O) groups is 1. The number of amides is 1. The van der Waals surface area contributed by atoms with Crippen molar-refractivity contribution in [2.45, 2.75) is 53.0 Å². The van der Waals surface area contributed by atoms with Crippen molar-refractivity contribution >= 4 is 33.9 Å². The molecule has 0 fully saturated rings. The number of anilines is 3. The van der Waals surface area contributed by atoms with E-state index < -0.39 is 5.83 Å². The number of hydrogen-bond donors (Lipinski definition) is 3. The monoisotopic (exact) mass is 535 g/mol. The summed E-state index contributed by atoms with van der Waals surface area (Å²) in [6.45, 7) is 17.6. The number of nitrogens with zero attached hydrogens (tertiary/aromatic N) is 2. The largest absolute Gasteiger partial charge is 0.383 e. The van der Waals surface area contributed by atoms with Crippen molar-refractivity contribution in [2.24, 2.45) is 0 Å². The summed E-state index contributed by atoms with van der Waals surface area (Å²) in [6, 6.07) is 7.78. The van der Waals surface area contributed by atoms with E-state index in [1.165, 1.54) is 6.08 Å². The van der Waals surface area contributed by atoms with E-state index in [0.717, 1.165) is 48.0 Å². The van der Waals surface area contributed by atoms with Crippen LogP contribution in [0.25, 0.3) is 0 Å². The molecule has 2 aromatic rings. The predicted octanol–water partition coefficient (Wildman–Crippen LogP) is 7.07. The zero-order valence-corrected chi connectivity index (χ0v) is 23.6. The molecule has 1 atom stereocenters. The molecule has 0 aliphatic carbocycles. The molecule has 37 heavy (non-hydrogen) atoms. The van der Waals surface area contributed by atoms with Crippen molar-refractivity contribution in [2.75, 3.05) is 37.9 Å². The first-order chi connectivity index (χ1) is 17.8. The van der Waals surface area contributed by atoms with Crippen LogP contribution in [0.2, 0.25) is 0 Å². The summed E-state index contributed by atoms with van der Waals surface area (Å²) < 4.78 is 20.9. The molecule has 0 saturated heterocycles. The fourth-order valence-corrected chi connectivity index (χ4v) is 4.34. The molecule has 4 N–H and O–H groups in total. The number of rotatable bonds is 13. The lowest BCUT2D eigenvalue weighted by Gasteiger charge is -2.28. The maximum atomic E-state index is 12.5. The standard InChI is InChI=1S/C22H33N5OS.C5H7F.CH3F/c1-5-9-10-19-20(23)26-22(29-19)25-17-13-11-16(12-14-17)21(28)24-15-18(6-2)27(7-3)8-4;1-3-4-5(2)6;1-2/h5,11-14,18H,1,6-10,15,23H2,2-4H3,(H,24,28)(H,25,26);3-4H,2H2,1H3;1H3/b;4-3-;. The minimum atomic E-state index is -0.391. The lowest BCUT2D eigenvalue weighted by Crippen LogP contribution is -2.43. The molecular formula is C28H43F2N5OS. The molecule has 1 unspecified atom stereocenters. The summed E-state index contributed by atoms with van der Waals surface area (Å²) in [7, 11) is 0.500. The molecule has 0 aliphatic rings. The highest BCUT2D eigenvalue weighted by Gasteiger charge is 2.15. The van der Waals surface area contributed by atoms with E-state index in [-0.39, 0.29) is 5.91 Å². The number of halogens is 2. The van der Waals surface area contributed by atoms with E-state index in [2.05, 4.69) is 54.4 Å². The molecule has 1 aromatic heterocycles. The van der Waals surface area contributed by atoms with Gasteiger partial charge in [0.25, 0.3) is 5.91 Å². The molecule has 0 saturated carbocycles. The minimum absolute atomic E-state index is 0.0487. The second kappa shape index (κ2) is 20.1. The van der Waals surface area contributed by atoms with Crippen LogP contribution in [0.5, 0.6) is 0 Å². The van der Waals surface area contributed by atoms with Crippen LogP contribution in [0.4, 0.5) is 25.4 Å². The van der Waals surface area contributed by atoms with Gasteiger partial charge in [0.05, 0.1) is 12.1 Å². The number of benzene rings is 1. The van der Waals surface area contributed by atoms with Crippen LogP contribution in [0, 0.1) is 0 Å². The third-order valence-corrected chi connectivity index (χ3v) is 6.39. The number of thiazole rings is 1. The van der Waals surface area contributed by atoms with Crippen LogP contribution >= 0.6 is 11.3 Å². The molecule has 0 spiro atoms. The first-order valence-electron chi connectivity index (χ1n) is 12.4. The van der Waals surface area contributed by atoms with Gasteiger partial charge >= 0.3 is 0 Å². The van der Waals surface area contributed by atoms with Crippen LogP contribution in [0.1, 0.15) is 55.8 Å². The Morgan fingerprint density at radius 2 is 1.84 bits per heavy atom. The lowest BCUT2D eigenvalue weighted by molar-refractivity contribution is 0.0934. The number of nitrogen functional groups attached to an aromatic ring is 1. The molecule has 6 nitrogen and oxygen atoms in total. The summed E-state index contributed by atoms with van der Waals surface area (Å²) >= 11 is 1.55. The van der Waals surface area contributed by atoms with Crippen molar-refractivity contribution in [1.82, 2.24) is 15.2 Å². The van der Waals surface area contributed by atoms with Gasteiger partial charge in [0.15, 0.2) is 5.13 Å². The fraction of sp³-hybridized carbons (Fsp3) is 0.429. The zero-order valence-electron chi connectivity index (χ0n) is 22.8. The van der Waals surface area contributed by atoms with Crippen LogP contribution in [0.15, 0.2) is 61.5 Å². The number of nitrogens with one attached hydrogen (secondary N) is 2. The van der Waals surface area contributed by atoms with E-state index in [4.69, 9.17) is 5.73 Å². The molecule has 9 heteroatoms. The van der Waals surface area contributed by atoms with Gasteiger partial charge in [-0.1, -0.05) is 50.8 Å². The summed E-state index contributed by atoms with van der Waals surface area (Å²) in [6.07, 6.45) is 7.52. The number of nitrogens with two attached hydrogens (primary N) is 1. The van der Waals surface area contributed by atoms with Gasteiger partial charge < -0.3 is 16.4 Å². The van der Waals surface area contributed by atoms with E-state index >= 15 is 0 Å². The van der Waals surface area contributed by atoms with E-state index in [1.54, 1.807) is 24.3 Å². The van der Waals surface area contributed by atoms with Gasteiger partial charge in [-0.2, -0.15) is 0 Å². The fourth-order valence-electron chi connectivity index (χ4n) is 3.42. The third kappa shape index (κ3) is 13.2. The summed E-state index contributed by atoms with van der Waals surface area (Å²) in [5.41, 5.74) is 7.50. The Balaban J connectivity index is 0.00000142. The molecular weight excluding hydrogens is 492 g/mol. The second-order valence-electron chi connectivity index (χ2n) is 7.80. The first-order valence-corrected chi connectivity index (χ1v) is 13.2. The first kappa shape index (κ1) is 34.0.